The highest BCUT2D eigenvalue weighted by Gasteiger charge is 2.42. The fraction of sp³-hybridized carbons (Fsp3) is 0.600. The molecule has 1 saturated heterocycles. The molecule has 0 radical (unpaired) electrons. The van der Waals surface area contributed by atoms with Crippen LogP contribution in [0, 0.1) is 11.8 Å². The van der Waals surface area contributed by atoms with Gasteiger partial charge in [-0.2, -0.15) is 0 Å². The predicted octanol–water partition coefficient (Wildman–Crippen LogP) is 1.27. The van der Waals surface area contributed by atoms with Gasteiger partial charge in [0.1, 0.15) is 11.9 Å². The molecule has 2 fully saturated rings. The minimum atomic E-state index is -0.455. The molecule has 2 N–H and O–H groups in total. The molecule has 1 aliphatic heterocycles. The molecule has 28 heavy (non-hydrogen) atoms. The van der Waals surface area contributed by atoms with E-state index in [0.29, 0.717) is 23.1 Å². The number of likely N-dealkylation sites (tertiary alicyclic amines) is 1. The van der Waals surface area contributed by atoms with Crippen LogP contribution >= 0.6 is 0 Å². The third-order valence-corrected chi connectivity index (χ3v) is 5.34. The lowest BCUT2D eigenvalue weighted by Crippen LogP contribution is -2.42. The number of fused-ring (bicyclic) bond motifs is 1. The van der Waals surface area contributed by atoms with Crippen molar-refractivity contribution in [3.05, 3.63) is 29.8 Å². The maximum atomic E-state index is 11.5. The van der Waals surface area contributed by atoms with Gasteiger partial charge >= 0.3 is 5.97 Å². The van der Waals surface area contributed by atoms with Gasteiger partial charge in [-0.25, -0.2) is 4.79 Å². The molecule has 1 aromatic rings. The zero-order chi connectivity index (χ0) is 20.5. The van der Waals surface area contributed by atoms with Crippen molar-refractivity contribution in [3.8, 4) is 5.75 Å². The minimum Gasteiger partial charge on any atom is -0.488 e. The summed E-state index contributed by atoms with van der Waals surface area (Å²) in [5.41, 5.74) is 0.490. The fourth-order valence-electron chi connectivity index (χ4n) is 3.98. The molecule has 1 heterocycles. The summed E-state index contributed by atoms with van der Waals surface area (Å²) in [6.07, 6.45) is 0.976. The van der Waals surface area contributed by atoms with Gasteiger partial charge in [0.05, 0.1) is 25.4 Å². The summed E-state index contributed by atoms with van der Waals surface area (Å²) < 4.78 is 15.9. The number of nitrogens with zero attached hydrogens (tertiary/aromatic N) is 1. The number of esters is 1. The van der Waals surface area contributed by atoms with E-state index in [4.69, 9.17) is 24.1 Å². The molecule has 156 valence electrons. The van der Waals surface area contributed by atoms with Gasteiger partial charge in [-0.05, 0) is 48.9 Å². The summed E-state index contributed by atoms with van der Waals surface area (Å²) in [5, 5.41) is 17.4. The number of carboxylic acid groups (broad SMARTS) is 1. The maximum Gasteiger partial charge on any atom is 0.337 e. The van der Waals surface area contributed by atoms with Gasteiger partial charge < -0.3 is 29.3 Å². The van der Waals surface area contributed by atoms with Crippen molar-refractivity contribution in [1.82, 2.24) is 4.90 Å². The highest BCUT2D eigenvalue weighted by Crippen LogP contribution is 2.37. The Morgan fingerprint density at radius 2 is 1.79 bits per heavy atom. The Kier molecular flexibility index (Phi) is 8.69. The number of ether oxygens (including phenoxy) is 3. The number of carbonyl (C=O) groups is 2. The fourth-order valence-corrected chi connectivity index (χ4v) is 3.98. The van der Waals surface area contributed by atoms with Crippen molar-refractivity contribution >= 4 is 12.4 Å². The van der Waals surface area contributed by atoms with Gasteiger partial charge in [0.2, 0.25) is 0 Å². The largest absolute Gasteiger partial charge is 0.488 e. The molecule has 0 spiro atoms. The number of methoxy groups -OCH3 is 2. The molecule has 1 aromatic carbocycles. The summed E-state index contributed by atoms with van der Waals surface area (Å²) in [5.74, 6) is 1.39. The number of hydrogen-bond acceptors (Lipinski definition) is 7. The van der Waals surface area contributed by atoms with Crippen LogP contribution < -0.4 is 4.74 Å². The maximum absolute atomic E-state index is 11.5. The summed E-state index contributed by atoms with van der Waals surface area (Å²) >= 11 is 0. The molecule has 0 amide bonds. The summed E-state index contributed by atoms with van der Waals surface area (Å²) in [7, 11) is 3.08. The Balaban J connectivity index is 0.000000878. The number of carbonyl (C=O) groups excluding carboxylic acids is 1. The van der Waals surface area contributed by atoms with Crippen molar-refractivity contribution < 1.29 is 34.0 Å². The smallest absolute Gasteiger partial charge is 0.337 e. The van der Waals surface area contributed by atoms with Crippen LogP contribution in [0.5, 0.6) is 5.75 Å². The molecule has 1 aliphatic carbocycles. The lowest BCUT2D eigenvalue weighted by atomic mass is 9.78. The van der Waals surface area contributed by atoms with Crippen molar-refractivity contribution in [3.63, 3.8) is 0 Å². The van der Waals surface area contributed by atoms with E-state index in [-0.39, 0.29) is 18.5 Å². The highest BCUT2D eigenvalue weighted by atomic mass is 16.5. The SMILES string of the molecule is COCCN1C[C@H]2C[C@H](Oc3ccc(C(=O)OC)cc3)[C@@H](O)C[C@H]2C1.O=CO. The van der Waals surface area contributed by atoms with E-state index in [1.54, 1.807) is 31.4 Å². The summed E-state index contributed by atoms with van der Waals surface area (Å²) in [4.78, 5) is 22.3. The van der Waals surface area contributed by atoms with Crippen LogP contribution in [0.2, 0.25) is 0 Å². The molecule has 2 aliphatic rings. The van der Waals surface area contributed by atoms with Gasteiger partial charge in [-0.15, -0.1) is 0 Å². The first-order valence-electron chi connectivity index (χ1n) is 9.34. The van der Waals surface area contributed by atoms with Crippen molar-refractivity contribution in [1.29, 1.82) is 0 Å². The topological polar surface area (TPSA) is 106 Å². The zero-order valence-corrected chi connectivity index (χ0v) is 16.3. The number of aliphatic hydroxyl groups is 1. The van der Waals surface area contributed by atoms with E-state index >= 15 is 0 Å². The molecule has 8 nitrogen and oxygen atoms in total. The van der Waals surface area contributed by atoms with Gasteiger partial charge in [0, 0.05) is 26.7 Å². The van der Waals surface area contributed by atoms with Crippen LogP contribution in [0.1, 0.15) is 23.2 Å². The second-order valence-electron chi connectivity index (χ2n) is 7.09. The Morgan fingerprint density at radius 1 is 1.18 bits per heavy atom. The van der Waals surface area contributed by atoms with E-state index in [9.17, 15) is 9.90 Å². The standard InChI is InChI=1S/C19H27NO5.CH2O2/c1-23-8-7-20-11-14-9-17(21)18(10-15(14)12-20)25-16-5-3-13(4-6-16)19(22)24-2;2-1-3/h3-6,14-15,17-18,21H,7-12H2,1-2H3;1H,(H,2,3)/t14-,15+,17-,18-;/m0./s1. The second kappa shape index (κ2) is 11.0. The Hall–Kier alpha value is -2.16. The molecule has 0 bridgehead atoms. The van der Waals surface area contributed by atoms with Gasteiger partial charge in [-0.1, -0.05) is 0 Å². The molecule has 0 unspecified atom stereocenters. The molecule has 0 aromatic heterocycles. The third kappa shape index (κ3) is 5.92. The lowest BCUT2D eigenvalue weighted by Gasteiger charge is -2.35. The molecule has 8 heteroatoms. The normalized spacial score (nSPS) is 26.5. The zero-order valence-electron chi connectivity index (χ0n) is 16.3. The Labute approximate surface area is 165 Å². The van der Waals surface area contributed by atoms with Gasteiger partial charge in [-0.3, -0.25) is 4.79 Å². The first kappa shape index (κ1) is 22.1. The van der Waals surface area contributed by atoms with Gasteiger partial charge in [0.15, 0.2) is 0 Å². The molecular formula is C20H29NO7. The number of hydrogen-bond donors (Lipinski definition) is 2. The average Bonchev–Trinajstić information content (AvgIpc) is 3.08. The van der Waals surface area contributed by atoms with Crippen LogP contribution in [0.15, 0.2) is 24.3 Å². The quantitative estimate of drug-likeness (QED) is 0.548. The van der Waals surface area contributed by atoms with Gasteiger partial charge in [0.25, 0.3) is 6.47 Å². The van der Waals surface area contributed by atoms with E-state index in [0.717, 1.165) is 39.1 Å². The van der Waals surface area contributed by atoms with E-state index in [2.05, 4.69) is 4.90 Å². The van der Waals surface area contributed by atoms with Crippen LogP contribution in [0.25, 0.3) is 0 Å². The molecule has 1 saturated carbocycles. The number of rotatable bonds is 6. The third-order valence-electron chi connectivity index (χ3n) is 5.34. The van der Waals surface area contributed by atoms with E-state index in [1.807, 2.05) is 0 Å². The molecule has 3 rings (SSSR count). The van der Waals surface area contributed by atoms with Crippen LogP contribution in [-0.2, 0) is 14.3 Å². The number of aliphatic hydroxyl groups excluding tert-OH is 1. The van der Waals surface area contributed by atoms with E-state index < -0.39 is 6.10 Å². The number of benzene rings is 1. The molecular weight excluding hydrogens is 366 g/mol. The summed E-state index contributed by atoms with van der Waals surface area (Å²) in [6.45, 7) is 3.52. The molecule has 4 atom stereocenters. The van der Waals surface area contributed by atoms with Crippen LogP contribution in [-0.4, -0.2) is 80.2 Å². The first-order valence-corrected chi connectivity index (χ1v) is 9.34. The second-order valence-corrected chi connectivity index (χ2v) is 7.09. The van der Waals surface area contributed by atoms with E-state index in [1.165, 1.54) is 7.11 Å². The Morgan fingerprint density at radius 3 is 2.36 bits per heavy atom. The van der Waals surface area contributed by atoms with Crippen molar-refractivity contribution in [2.24, 2.45) is 11.8 Å². The highest BCUT2D eigenvalue weighted by molar-refractivity contribution is 5.89. The first-order chi connectivity index (χ1) is 13.5. The monoisotopic (exact) mass is 395 g/mol. The Bertz CT molecular complexity index is 621. The van der Waals surface area contributed by atoms with Crippen molar-refractivity contribution in [2.45, 2.75) is 25.0 Å². The summed E-state index contributed by atoms with van der Waals surface area (Å²) in [6, 6.07) is 6.87. The predicted molar refractivity (Wildman–Crippen MR) is 101 cm³/mol. The van der Waals surface area contributed by atoms with Crippen LogP contribution in [0.3, 0.4) is 0 Å². The van der Waals surface area contributed by atoms with Crippen molar-refractivity contribution in [2.75, 3.05) is 40.5 Å². The minimum absolute atomic E-state index is 0.201. The lowest BCUT2D eigenvalue weighted by molar-refractivity contribution is -0.122. The van der Waals surface area contributed by atoms with Crippen LogP contribution in [0.4, 0.5) is 0 Å². The average molecular weight is 395 g/mol.